The van der Waals surface area contributed by atoms with Crippen LogP contribution in [0.15, 0.2) is 0 Å². The molecule has 1 aliphatic carbocycles. The molecule has 0 aromatic heterocycles. The van der Waals surface area contributed by atoms with Crippen molar-refractivity contribution in [1.82, 2.24) is 0 Å². The van der Waals surface area contributed by atoms with E-state index in [1.54, 1.807) is 6.92 Å². The Kier molecular flexibility index (Phi) is 6.78. The van der Waals surface area contributed by atoms with Gasteiger partial charge in [-0.15, -0.1) is 4.33 Å². The summed E-state index contributed by atoms with van der Waals surface area (Å²) in [6, 6.07) is 0. The van der Waals surface area contributed by atoms with Gasteiger partial charge in [-0.2, -0.15) is 8.78 Å². The van der Waals surface area contributed by atoms with E-state index in [9.17, 15) is 18.4 Å². The molecule has 7 nitrogen and oxygen atoms in total. The molecule has 0 aromatic carbocycles. The molecule has 0 atom stereocenters. The smallest absolute Gasteiger partial charge is 0.415 e. The number of ether oxygens (including phenoxy) is 2. The van der Waals surface area contributed by atoms with E-state index in [-0.39, 0.29) is 0 Å². The highest BCUT2D eigenvalue weighted by molar-refractivity contribution is 7.96. The predicted molar refractivity (Wildman–Crippen MR) is 65.9 cm³/mol. The Morgan fingerprint density at radius 1 is 1.29 bits per heavy atom. The zero-order valence-electron chi connectivity index (χ0n) is 11.3. The molecule has 0 aliphatic heterocycles. The van der Waals surface area contributed by atoms with Crippen LogP contribution in [0.4, 0.5) is 8.78 Å². The SMILES string of the molecule is CC1(OC(=O)COC(=O)C(F)(F)SOOO)CCCCC1. The molecule has 0 heterocycles. The van der Waals surface area contributed by atoms with Gasteiger partial charge in [-0.1, -0.05) is 11.5 Å². The molecule has 10 heteroatoms. The van der Waals surface area contributed by atoms with Gasteiger partial charge < -0.3 is 9.47 Å². The van der Waals surface area contributed by atoms with E-state index in [4.69, 9.17) is 9.99 Å². The van der Waals surface area contributed by atoms with Gasteiger partial charge in [0.1, 0.15) is 17.6 Å². The van der Waals surface area contributed by atoms with Gasteiger partial charge in [0.25, 0.3) is 0 Å². The van der Waals surface area contributed by atoms with Crippen LogP contribution >= 0.6 is 12.0 Å². The molecule has 1 rings (SSSR count). The summed E-state index contributed by atoms with van der Waals surface area (Å²) in [5.41, 5.74) is -0.646. The number of hydrogen-bond donors (Lipinski definition) is 1. The Balaban J connectivity index is 2.36. The lowest BCUT2D eigenvalue weighted by Crippen LogP contribution is -2.36. The first kappa shape index (κ1) is 18.1. The molecule has 0 spiro atoms. The van der Waals surface area contributed by atoms with Gasteiger partial charge in [0.2, 0.25) is 0 Å². The van der Waals surface area contributed by atoms with Crippen molar-refractivity contribution in [1.29, 1.82) is 0 Å². The largest absolute Gasteiger partial charge is 0.457 e. The molecule has 1 N–H and O–H groups in total. The number of esters is 2. The molecule has 0 saturated heterocycles. The van der Waals surface area contributed by atoms with Crippen molar-refractivity contribution < 1.29 is 42.5 Å². The Labute approximate surface area is 123 Å². The van der Waals surface area contributed by atoms with E-state index in [1.807, 2.05) is 0 Å². The molecule has 1 aliphatic rings. The summed E-state index contributed by atoms with van der Waals surface area (Å²) < 4.78 is 38.8. The lowest BCUT2D eigenvalue weighted by Gasteiger charge is -2.33. The van der Waals surface area contributed by atoms with Gasteiger partial charge >= 0.3 is 17.2 Å². The summed E-state index contributed by atoms with van der Waals surface area (Å²) in [5.74, 6) is -2.90. The van der Waals surface area contributed by atoms with E-state index in [2.05, 4.69) is 14.1 Å². The quantitative estimate of drug-likeness (QED) is 0.329. The van der Waals surface area contributed by atoms with Gasteiger partial charge in [0.15, 0.2) is 6.61 Å². The van der Waals surface area contributed by atoms with Crippen LogP contribution in [0.2, 0.25) is 0 Å². The first-order valence-electron chi connectivity index (χ1n) is 6.22. The van der Waals surface area contributed by atoms with Gasteiger partial charge in [0.05, 0.1) is 0 Å². The minimum absolute atomic E-state index is 0.646. The van der Waals surface area contributed by atoms with Crippen molar-refractivity contribution in [2.45, 2.75) is 49.9 Å². The zero-order valence-corrected chi connectivity index (χ0v) is 12.1. The number of halogens is 2. The number of alkyl halides is 2. The highest BCUT2D eigenvalue weighted by Gasteiger charge is 2.44. The second-order valence-electron chi connectivity index (χ2n) is 4.80. The maximum atomic E-state index is 13.0. The Morgan fingerprint density at radius 2 is 1.90 bits per heavy atom. The Hall–Kier alpha value is -0.970. The summed E-state index contributed by atoms with van der Waals surface area (Å²) in [4.78, 5) is 22.5. The molecule has 0 unspecified atom stereocenters. The first-order chi connectivity index (χ1) is 9.79. The molecule has 0 bridgehead atoms. The van der Waals surface area contributed by atoms with E-state index in [0.717, 1.165) is 19.3 Å². The third-order valence-corrected chi connectivity index (χ3v) is 3.50. The molecule has 1 fully saturated rings. The highest BCUT2D eigenvalue weighted by atomic mass is 32.2. The number of rotatable bonds is 7. The Morgan fingerprint density at radius 3 is 2.48 bits per heavy atom. The normalized spacial score (nSPS) is 18.1. The van der Waals surface area contributed by atoms with Crippen LogP contribution in [0.25, 0.3) is 0 Å². The summed E-state index contributed by atoms with van der Waals surface area (Å²) in [6.07, 6.45) is 4.24. The van der Waals surface area contributed by atoms with Gasteiger partial charge in [0, 0.05) is 0 Å². The third-order valence-electron chi connectivity index (χ3n) is 3.00. The van der Waals surface area contributed by atoms with Crippen LogP contribution in [-0.2, 0) is 28.4 Å². The molecule has 0 amide bonds. The zero-order chi connectivity index (χ0) is 15.9. The van der Waals surface area contributed by atoms with Crippen LogP contribution in [0.3, 0.4) is 0 Å². The molecular weight excluding hydrogens is 314 g/mol. The molecule has 1 saturated carbocycles. The summed E-state index contributed by atoms with van der Waals surface area (Å²) >= 11 is -0.759. The number of hydrogen-bond acceptors (Lipinski definition) is 8. The lowest BCUT2D eigenvalue weighted by atomic mass is 9.86. The van der Waals surface area contributed by atoms with E-state index >= 15 is 0 Å². The second kappa shape index (κ2) is 7.87. The fraction of sp³-hybridized carbons (Fsp3) is 0.818. The van der Waals surface area contributed by atoms with Gasteiger partial charge in [-0.05, 0) is 32.6 Å². The fourth-order valence-corrected chi connectivity index (χ4v) is 2.25. The first-order valence-corrected chi connectivity index (χ1v) is 6.96. The number of carbonyl (C=O) groups is 2. The molecule has 0 radical (unpaired) electrons. The van der Waals surface area contributed by atoms with Crippen LogP contribution in [0, 0.1) is 0 Å². The average Bonchev–Trinajstić information content (AvgIpc) is 2.42. The minimum Gasteiger partial charge on any atom is -0.457 e. The van der Waals surface area contributed by atoms with Gasteiger partial charge in [-0.3, -0.25) is 0 Å². The number of carbonyl (C=O) groups excluding carboxylic acids is 2. The Bertz CT molecular complexity index is 372. The van der Waals surface area contributed by atoms with Crippen LogP contribution < -0.4 is 0 Å². The minimum atomic E-state index is -4.13. The maximum absolute atomic E-state index is 13.0. The van der Waals surface area contributed by atoms with Crippen molar-refractivity contribution in [3.63, 3.8) is 0 Å². The standard InChI is InChI=1S/C11H16F2O7S/c1-10(5-3-2-4-6-10)18-8(14)7-17-9(15)11(12,13)21-20-19-16/h16H,2-7H2,1H3. The van der Waals surface area contributed by atoms with Crippen molar-refractivity contribution >= 4 is 24.0 Å². The predicted octanol–water partition coefficient (Wildman–Crippen LogP) is 2.46. The molecule has 0 aromatic rings. The van der Waals surface area contributed by atoms with Crippen LogP contribution in [0.1, 0.15) is 39.0 Å². The van der Waals surface area contributed by atoms with E-state index in [0.29, 0.717) is 12.8 Å². The van der Waals surface area contributed by atoms with Crippen molar-refractivity contribution in [3.8, 4) is 0 Å². The molecule has 122 valence electrons. The van der Waals surface area contributed by atoms with Crippen LogP contribution in [0.5, 0.6) is 0 Å². The van der Waals surface area contributed by atoms with Crippen LogP contribution in [-0.4, -0.2) is 34.7 Å². The summed E-state index contributed by atoms with van der Waals surface area (Å²) in [6.45, 7) is 0.827. The molecular formula is C11H16F2O7S. The molecule has 21 heavy (non-hydrogen) atoms. The summed E-state index contributed by atoms with van der Waals surface area (Å²) in [7, 11) is 0. The van der Waals surface area contributed by atoms with Crippen molar-refractivity contribution in [2.75, 3.05) is 6.61 Å². The van der Waals surface area contributed by atoms with Crippen molar-refractivity contribution in [3.05, 3.63) is 0 Å². The van der Waals surface area contributed by atoms with Gasteiger partial charge in [-0.25, -0.2) is 14.8 Å². The second-order valence-corrected chi connectivity index (χ2v) is 5.62. The van der Waals surface area contributed by atoms with Crippen molar-refractivity contribution in [2.24, 2.45) is 0 Å². The monoisotopic (exact) mass is 330 g/mol. The fourth-order valence-electron chi connectivity index (χ4n) is 2.01. The maximum Gasteiger partial charge on any atom is 0.415 e. The lowest BCUT2D eigenvalue weighted by molar-refractivity contribution is -0.433. The highest BCUT2D eigenvalue weighted by Crippen LogP contribution is 2.32. The topological polar surface area (TPSA) is 91.3 Å². The third kappa shape index (κ3) is 6.12. The summed E-state index contributed by atoms with van der Waals surface area (Å²) in [5, 5.41) is 6.56. The van der Waals surface area contributed by atoms with E-state index < -0.39 is 41.4 Å². The average molecular weight is 330 g/mol. The van der Waals surface area contributed by atoms with E-state index in [1.165, 1.54) is 0 Å².